The van der Waals surface area contributed by atoms with Crippen LogP contribution in [-0.4, -0.2) is 14.0 Å². The maximum atomic E-state index is 10.5. The van der Waals surface area contributed by atoms with Crippen LogP contribution in [0.2, 0.25) is 10.0 Å². The molecular formula is C18H17Cl5O2. The molecule has 0 aliphatic carbocycles. The van der Waals surface area contributed by atoms with Crippen molar-refractivity contribution in [2.24, 2.45) is 0 Å². The van der Waals surface area contributed by atoms with Gasteiger partial charge in [0.25, 0.3) is 0 Å². The van der Waals surface area contributed by atoms with Gasteiger partial charge in [0.05, 0.1) is 5.92 Å². The van der Waals surface area contributed by atoms with Crippen molar-refractivity contribution in [3.8, 4) is 11.5 Å². The standard InChI is InChI=1S/C18H17Cl5O2/c1-7-5-11(24)13(9(3)16(7)19)15(18(21,22)23)14-10(4)17(20)8(2)6-12(14)25/h5-6,15,24-25H,1-4H3. The molecule has 2 aromatic carbocycles. The van der Waals surface area contributed by atoms with Gasteiger partial charge in [-0.2, -0.15) is 0 Å². The summed E-state index contributed by atoms with van der Waals surface area (Å²) in [5.74, 6) is -1.09. The number of hydrogen-bond acceptors (Lipinski definition) is 2. The molecule has 0 unspecified atom stereocenters. The molecule has 0 aliphatic heterocycles. The van der Waals surface area contributed by atoms with Crippen LogP contribution >= 0.6 is 58.0 Å². The van der Waals surface area contributed by atoms with Crippen molar-refractivity contribution < 1.29 is 10.2 Å². The third-order valence-corrected chi connectivity index (χ3v) is 6.14. The minimum atomic E-state index is -1.86. The van der Waals surface area contributed by atoms with Crippen LogP contribution in [0, 0.1) is 27.7 Å². The smallest absolute Gasteiger partial charge is 0.201 e. The molecule has 0 atom stereocenters. The van der Waals surface area contributed by atoms with E-state index < -0.39 is 9.71 Å². The average Bonchev–Trinajstić information content (AvgIpc) is 2.48. The molecule has 0 spiro atoms. The van der Waals surface area contributed by atoms with Gasteiger partial charge in [-0.25, -0.2) is 0 Å². The van der Waals surface area contributed by atoms with E-state index in [2.05, 4.69) is 0 Å². The summed E-state index contributed by atoms with van der Waals surface area (Å²) in [7, 11) is 0. The van der Waals surface area contributed by atoms with Crippen LogP contribution in [0.1, 0.15) is 39.3 Å². The fraction of sp³-hybridized carbons (Fsp3) is 0.333. The van der Waals surface area contributed by atoms with Crippen molar-refractivity contribution >= 4 is 58.0 Å². The minimum Gasteiger partial charge on any atom is -0.508 e. The molecule has 7 heteroatoms. The normalized spacial score (nSPS) is 12.1. The van der Waals surface area contributed by atoms with Crippen molar-refractivity contribution in [3.05, 3.63) is 55.6 Å². The summed E-state index contributed by atoms with van der Waals surface area (Å²) < 4.78 is -1.86. The Morgan fingerprint density at radius 3 is 1.36 bits per heavy atom. The van der Waals surface area contributed by atoms with Gasteiger partial charge in [0, 0.05) is 21.2 Å². The zero-order valence-corrected chi connectivity index (χ0v) is 17.8. The Labute approximate surface area is 172 Å². The van der Waals surface area contributed by atoms with Crippen LogP contribution in [0.5, 0.6) is 11.5 Å². The molecule has 0 aliphatic rings. The Morgan fingerprint density at radius 1 is 0.760 bits per heavy atom. The molecule has 0 saturated heterocycles. The van der Waals surface area contributed by atoms with Gasteiger partial charge in [0.2, 0.25) is 3.79 Å². The summed E-state index contributed by atoms with van der Waals surface area (Å²) in [6.07, 6.45) is 0. The number of aromatic hydroxyl groups is 2. The van der Waals surface area contributed by atoms with Crippen molar-refractivity contribution in [2.45, 2.75) is 37.4 Å². The molecule has 2 nitrogen and oxygen atoms in total. The number of aryl methyl sites for hydroxylation is 2. The molecule has 2 rings (SSSR count). The molecule has 25 heavy (non-hydrogen) atoms. The number of hydrogen-bond donors (Lipinski definition) is 2. The van der Waals surface area contributed by atoms with E-state index in [1.165, 1.54) is 12.1 Å². The first-order chi connectivity index (χ1) is 11.4. The number of halogens is 5. The van der Waals surface area contributed by atoms with E-state index in [9.17, 15) is 10.2 Å². The minimum absolute atomic E-state index is 0.0637. The Kier molecular flexibility index (Phi) is 6.03. The van der Waals surface area contributed by atoms with Gasteiger partial charge in [-0.05, 0) is 62.1 Å². The summed E-state index contributed by atoms with van der Waals surface area (Å²) in [6, 6.07) is 3.02. The highest BCUT2D eigenvalue weighted by Gasteiger charge is 2.41. The number of benzene rings is 2. The molecule has 2 aromatic rings. The second-order valence-electron chi connectivity index (χ2n) is 6.11. The van der Waals surface area contributed by atoms with Crippen molar-refractivity contribution in [1.29, 1.82) is 0 Å². The maximum absolute atomic E-state index is 10.5. The maximum Gasteiger partial charge on any atom is 0.201 e. The third-order valence-electron chi connectivity index (χ3n) is 4.32. The van der Waals surface area contributed by atoms with Gasteiger partial charge < -0.3 is 10.2 Å². The first-order valence-electron chi connectivity index (χ1n) is 7.41. The fourth-order valence-electron chi connectivity index (χ4n) is 3.11. The highest BCUT2D eigenvalue weighted by Crippen LogP contribution is 2.54. The van der Waals surface area contributed by atoms with Gasteiger partial charge in [0.15, 0.2) is 0 Å². The molecular weight excluding hydrogens is 425 g/mol. The molecule has 0 bridgehead atoms. The SMILES string of the molecule is Cc1cc(O)c(C(c2c(O)cc(C)c(Cl)c2C)C(Cl)(Cl)Cl)c(C)c1Cl. The molecule has 0 heterocycles. The summed E-state index contributed by atoms with van der Waals surface area (Å²) in [5, 5.41) is 22.0. The molecule has 0 saturated carbocycles. The summed E-state index contributed by atoms with van der Waals surface area (Å²) >= 11 is 31.5. The predicted molar refractivity (Wildman–Crippen MR) is 107 cm³/mol. The number of rotatable bonds is 2. The quantitative estimate of drug-likeness (QED) is 0.485. The fourth-order valence-corrected chi connectivity index (χ4v) is 4.07. The lowest BCUT2D eigenvalue weighted by Gasteiger charge is -2.30. The van der Waals surface area contributed by atoms with Crippen molar-refractivity contribution in [2.75, 3.05) is 0 Å². The number of phenols is 2. The Balaban J connectivity index is 2.92. The lowest BCUT2D eigenvalue weighted by Crippen LogP contribution is -2.21. The molecule has 136 valence electrons. The highest BCUT2D eigenvalue weighted by atomic mass is 35.6. The van der Waals surface area contributed by atoms with Crippen LogP contribution in [0.25, 0.3) is 0 Å². The molecule has 0 radical (unpaired) electrons. The molecule has 0 fully saturated rings. The largest absolute Gasteiger partial charge is 0.508 e. The van der Waals surface area contributed by atoms with Crippen LogP contribution in [0.3, 0.4) is 0 Å². The van der Waals surface area contributed by atoms with Gasteiger partial charge in [0.1, 0.15) is 11.5 Å². The van der Waals surface area contributed by atoms with E-state index in [0.717, 1.165) is 0 Å². The van der Waals surface area contributed by atoms with E-state index >= 15 is 0 Å². The highest BCUT2D eigenvalue weighted by molar-refractivity contribution is 6.68. The topological polar surface area (TPSA) is 40.5 Å². The van der Waals surface area contributed by atoms with Gasteiger partial charge >= 0.3 is 0 Å². The Hall–Kier alpha value is -0.510. The van der Waals surface area contributed by atoms with E-state index in [0.29, 0.717) is 43.4 Å². The third kappa shape index (κ3) is 3.79. The van der Waals surface area contributed by atoms with E-state index in [-0.39, 0.29) is 11.5 Å². The van der Waals surface area contributed by atoms with Crippen molar-refractivity contribution in [3.63, 3.8) is 0 Å². The van der Waals surface area contributed by atoms with E-state index in [1.54, 1.807) is 27.7 Å². The average molecular weight is 443 g/mol. The Bertz CT molecular complexity index is 777. The van der Waals surface area contributed by atoms with Crippen LogP contribution in [-0.2, 0) is 0 Å². The van der Waals surface area contributed by atoms with Gasteiger partial charge in [-0.1, -0.05) is 58.0 Å². The molecule has 0 amide bonds. The van der Waals surface area contributed by atoms with Crippen molar-refractivity contribution in [1.82, 2.24) is 0 Å². The van der Waals surface area contributed by atoms with Crippen LogP contribution < -0.4 is 0 Å². The van der Waals surface area contributed by atoms with E-state index in [1.807, 2.05) is 0 Å². The molecule has 0 aromatic heterocycles. The monoisotopic (exact) mass is 440 g/mol. The first kappa shape index (κ1) is 20.8. The Morgan fingerprint density at radius 2 is 1.08 bits per heavy atom. The second-order valence-corrected chi connectivity index (χ2v) is 9.23. The summed E-state index contributed by atoms with van der Waals surface area (Å²) in [5.41, 5.74) is 3.23. The van der Waals surface area contributed by atoms with E-state index in [4.69, 9.17) is 58.0 Å². The summed E-state index contributed by atoms with van der Waals surface area (Å²) in [6.45, 7) is 7.01. The predicted octanol–water partition coefficient (Wildman–Crippen LogP) is 7.14. The van der Waals surface area contributed by atoms with Gasteiger partial charge in [-0.3, -0.25) is 0 Å². The zero-order valence-electron chi connectivity index (χ0n) is 14.0. The molecule has 2 N–H and O–H groups in total. The lowest BCUT2D eigenvalue weighted by atomic mass is 9.84. The van der Waals surface area contributed by atoms with Crippen LogP contribution in [0.4, 0.5) is 0 Å². The van der Waals surface area contributed by atoms with Crippen LogP contribution in [0.15, 0.2) is 12.1 Å². The first-order valence-corrected chi connectivity index (χ1v) is 9.30. The summed E-state index contributed by atoms with van der Waals surface area (Å²) in [4.78, 5) is 0. The second kappa shape index (κ2) is 7.25. The lowest BCUT2D eigenvalue weighted by molar-refractivity contribution is 0.452. The number of alkyl halides is 3. The number of phenolic OH excluding ortho intramolecular Hbond substituents is 2. The zero-order chi connectivity index (χ0) is 19.3. The van der Waals surface area contributed by atoms with Gasteiger partial charge in [-0.15, -0.1) is 0 Å².